The van der Waals surface area contributed by atoms with Crippen LogP contribution in [-0.2, 0) is 9.59 Å². The number of carbonyl (C=O) groups excluding carboxylic acids is 2. The molecule has 0 spiro atoms. The summed E-state index contributed by atoms with van der Waals surface area (Å²) in [5.41, 5.74) is 9.26. The molecule has 38 heavy (non-hydrogen) atoms. The van der Waals surface area contributed by atoms with Crippen molar-refractivity contribution < 1.29 is 9.59 Å². The third kappa shape index (κ3) is 5.13. The van der Waals surface area contributed by atoms with Gasteiger partial charge in [0, 0.05) is 35.1 Å². The predicted molar refractivity (Wildman–Crippen MR) is 148 cm³/mol. The van der Waals surface area contributed by atoms with Crippen molar-refractivity contribution in [1.29, 1.82) is 5.26 Å². The molecule has 3 N–H and O–H groups in total. The van der Waals surface area contributed by atoms with Crippen molar-refractivity contribution in [3.63, 3.8) is 0 Å². The number of anilines is 2. The molecule has 13 heteroatoms. The van der Waals surface area contributed by atoms with E-state index in [0.29, 0.717) is 50.0 Å². The van der Waals surface area contributed by atoms with Crippen molar-refractivity contribution in [2.24, 2.45) is 5.73 Å². The van der Waals surface area contributed by atoms with Gasteiger partial charge in [0.25, 0.3) is 0 Å². The minimum Gasteiger partial charge on any atom is -0.384 e. The van der Waals surface area contributed by atoms with Crippen LogP contribution >= 0.6 is 46.3 Å². The first-order valence-corrected chi connectivity index (χ1v) is 14.0. The maximum atomic E-state index is 13.2. The number of halogens is 2. The number of pyridine rings is 1. The molecule has 3 aromatic rings. The molecule has 0 radical (unpaired) electrons. The molecule has 1 aromatic carbocycles. The van der Waals surface area contributed by atoms with Crippen LogP contribution in [0.3, 0.4) is 0 Å². The fraction of sp³-hybridized carbons (Fsp3) is 0.200. The number of allylic oxidation sites excluding steroid dienone is 3. The number of rotatable bonds is 6. The smallest absolute Gasteiger partial charge is 0.234 e. The minimum absolute atomic E-state index is 0.0259. The lowest BCUT2D eigenvalue weighted by Gasteiger charge is -2.37. The number of hydrogen-bond acceptors (Lipinski definition) is 10. The SMILES string of the molecule is N#CC1=C(N)N(c2nnc(SCC(=O)Nc3ccc(Cl)cc3Cl)s2)C2=C(C(=O)CCC2)C1c1cccnc1. The Balaban J connectivity index is 1.40. The number of nitrogens with one attached hydrogen (secondary N) is 1. The number of carbonyl (C=O) groups is 2. The highest BCUT2D eigenvalue weighted by atomic mass is 35.5. The van der Waals surface area contributed by atoms with Gasteiger partial charge in [0.05, 0.1) is 34.0 Å². The summed E-state index contributed by atoms with van der Waals surface area (Å²) in [6.45, 7) is 0. The van der Waals surface area contributed by atoms with Gasteiger partial charge in [0.1, 0.15) is 5.82 Å². The molecule has 5 rings (SSSR count). The van der Waals surface area contributed by atoms with Crippen LogP contribution in [0.1, 0.15) is 30.7 Å². The van der Waals surface area contributed by atoms with E-state index in [0.717, 1.165) is 11.3 Å². The molecule has 0 bridgehead atoms. The zero-order chi connectivity index (χ0) is 26.8. The predicted octanol–water partition coefficient (Wildman–Crippen LogP) is 5.28. The van der Waals surface area contributed by atoms with E-state index in [1.165, 1.54) is 23.1 Å². The molecular weight excluding hydrogens is 565 g/mol. The molecule has 2 aliphatic rings. The van der Waals surface area contributed by atoms with E-state index in [2.05, 4.69) is 26.6 Å². The Labute approximate surface area is 236 Å². The molecule has 9 nitrogen and oxygen atoms in total. The van der Waals surface area contributed by atoms with Crippen LogP contribution < -0.4 is 16.0 Å². The molecule has 2 aromatic heterocycles. The van der Waals surface area contributed by atoms with E-state index in [1.807, 2.05) is 6.07 Å². The Morgan fingerprint density at radius 1 is 1.29 bits per heavy atom. The van der Waals surface area contributed by atoms with Gasteiger partial charge in [0.15, 0.2) is 10.1 Å². The summed E-state index contributed by atoms with van der Waals surface area (Å²) < 4.78 is 0.530. The van der Waals surface area contributed by atoms with Gasteiger partial charge in [0.2, 0.25) is 11.0 Å². The third-order valence-electron chi connectivity index (χ3n) is 6.05. The van der Waals surface area contributed by atoms with Gasteiger partial charge >= 0.3 is 0 Å². The maximum Gasteiger partial charge on any atom is 0.234 e. The lowest BCUT2D eigenvalue weighted by molar-refractivity contribution is -0.116. The van der Waals surface area contributed by atoms with Crippen molar-refractivity contribution in [3.8, 4) is 6.07 Å². The molecule has 0 saturated carbocycles. The first kappa shape index (κ1) is 26.2. The number of hydrogen-bond donors (Lipinski definition) is 2. The fourth-order valence-electron chi connectivity index (χ4n) is 4.44. The zero-order valence-corrected chi connectivity index (χ0v) is 22.8. The Bertz CT molecular complexity index is 1530. The Morgan fingerprint density at radius 2 is 2.13 bits per heavy atom. The molecule has 1 amide bonds. The van der Waals surface area contributed by atoms with Crippen molar-refractivity contribution in [3.05, 3.63) is 81.0 Å². The molecule has 3 heterocycles. The standard InChI is InChI=1S/C25H19Cl2N7O2S2/c26-14-6-7-17(16(27)9-14)31-20(36)12-37-25-33-32-24(38-25)34-18-4-1-5-19(35)22(18)21(15(10-28)23(34)29)13-3-2-8-30-11-13/h2-3,6-9,11,21H,1,4-5,12,29H2,(H,31,36). The highest BCUT2D eigenvalue weighted by molar-refractivity contribution is 8.01. The lowest BCUT2D eigenvalue weighted by atomic mass is 9.76. The van der Waals surface area contributed by atoms with Crippen molar-refractivity contribution in [1.82, 2.24) is 15.2 Å². The van der Waals surface area contributed by atoms with Gasteiger partial charge in [-0.2, -0.15) is 5.26 Å². The number of nitriles is 1. The average molecular weight is 585 g/mol. The average Bonchev–Trinajstić information content (AvgIpc) is 3.37. The second-order valence-corrected chi connectivity index (χ2v) is 11.4. The number of ketones is 1. The molecular formula is C25H19Cl2N7O2S2. The van der Waals surface area contributed by atoms with Crippen molar-refractivity contribution in [2.75, 3.05) is 16.0 Å². The number of aromatic nitrogens is 3. The minimum atomic E-state index is -0.585. The molecule has 0 fully saturated rings. The van der Waals surface area contributed by atoms with Crippen LogP contribution in [0, 0.1) is 11.3 Å². The topological polar surface area (TPSA) is 138 Å². The number of amides is 1. The van der Waals surface area contributed by atoms with E-state index in [-0.39, 0.29) is 28.8 Å². The fourth-order valence-corrected chi connectivity index (χ4v) is 6.58. The number of nitrogens with zero attached hydrogens (tertiary/aromatic N) is 5. The second-order valence-electron chi connectivity index (χ2n) is 8.41. The number of Topliss-reactive ketones (excluding diaryl/α,β-unsaturated/α-hetero) is 1. The van der Waals surface area contributed by atoms with Crippen LogP contribution in [0.4, 0.5) is 10.8 Å². The summed E-state index contributed by atoms with van der Waals surface area (Å²) in [7, 11) is 0. The van der Waals surface area contributed by atoms with Gasteiger partial charge in [-0.3, -0.25) is 19.5 Å². The summed E-state index contributed by atoms with van der Waals surface area (Å²) in [6, 6.07) is 10.6. The van der Waals surface area contributed by atoms with Crippen LogP contribution in [0.15, 0.2) is 69.7 Å². The number of nitrogens with two attached hydrogens (primary N) is 1. The third-order valence-corrected chi connectivity index (χ3v) is 8.64. The highest BCUT2D eigenvalue weighted by Gasteiger charge is 2.41. The Hall–Kier alpha value is -3.43. The second kappa shape index (κ2) is 11.1. The summed E-state index contributed by atoms with van der Waals surface area (Å²) in [4.78, 5) is 31.5. The highest BCUT2D eigenvalue weighted by Crippen LogP contribution is 2.47. The Morgan fingerprint density at radius 3 is 2.87 bits per heavy atom. The van der Waals surface area contributed by atoms with E-state index in [1.54, 1.807) is 41.6 Å². The lowest BCUT2D eigenvalue weighted by Crippen LogP contribution is -2.38. The van der Waals surface area contributed by atoms with Crippen molar-refractivity contribution in [2.45, 2.75) is 29.5 Å². The van der Waals surface area contributed by atoms with Gasteiger partial charge in [-0.05, 0) is 42.7 Å². The van der Waals surface area contributed by atoms with Gasteiger partial charge < -0.3 is 11.1 Å². The van der Waals surface area contributed by atoms with Crippen LogP contribution in [0.25, 0.3) is 0 Å². The first-order valence-electron chi connectivity index (χ1n) is 11.4. The molecule has 1 aliphatic heterocycles. The van der Waals surface area contributed by atoms with E-state index in [9.17, 15) is 14.9 Å². The molecule has 0 saturated heterocycles. The van der Waals surface area contributed by atoms with Crippen LogP contribution in [0.2, 0.25) is 10.0 Å². The summed E-state index contributed by atoms with van der Waals surface area (Å²) >= 11 is 14.5. The summed E-state index contributed by atoms with van der Waals surface area (Å²) in [5.74, 6) is -0.613. The summed E-state index contributed by atoms with van der Waals surface area (Å²) in [6.07, 6.45) is 4.95. The first-order chi connectivity index (χ1) is 18.4. The monoisotopic (exact) mass is 583 g/mol. The normalized spacial score (nSPS) is 17.3. The van der Waals surface area contributed by atoms with Crippen LogP contribution in [-0.4, -0.2) is 32.6 Å². The van der Waals surface area contributed by atoms with E-state index >= 15 is 0 Å². The van der Waals surface area contributed by atoms with E-state index in [4.69, 9.17) is 28.9 Å². The quantitative estimate of drug-likeness (QED) is 0.371. The maximum absolute atomic E-state index is 13.2. The molecule has 192 valence electrons. The largest absolute Gasteiger partial charge is 0.384 e. The van der Waals surface area contributed by atoms with Crippen molar-refractivity contribution >= 4 is 68.8 Å². The molecule has 1 unspecified atom stereocenters. The molecule has 1 aliphatic carbocycles. The number of thioether (sulfide) groups is 1. The van der Waals surface area contributed by atoms with Crippen LogP contribution in [0.5, 0.6) is 0 Å². The van der Waals surface area contributed by atoms with Gasteiger partial charge in [-0.15, -0.1) is 10.2 Å². The van der Waals surface area contributed by atoms with Gasteiger partial charge in [-0.25, -0.2) is 0 Å². The molecule has 1 atom stereocenters. The summed E-state index contributed by atoms with van der Waals surface area (Å²) in [5, 5.41) is 22.5. The van der Waals surface area contributed by atoms with Gasteiger partial charge in [-0.1, -0.05) is 52.4 Å². The Kier molecular flexibility index (Phi) is 7.67. The van der Waals surface area contributed by atoms with E-state index < -0.39 is 5.92 Å². The zero-order valence-electron chi connectivity index (χ0n) is 19.6. The number of benzene rings is 1.